The number of ether oxygens (including phenoxy) is 8. The summed E-state index contributed by atoms with van der Waals surface area (Å²) in [6.45, 7) is 19.4. The SMILES string of the molecule is C1COCCOCCNCCOCCOCCN1.c1ccc(CN2CCOCCOCCN(Cc3ccccc3)CCOCCOCC2)cc1. The molecule has 4 rings (SSSR count). The van der Waals surface area contributed by atoms with Crippen LogP contribution in [0.3, 0.4) is 0 Å². The molecule has 50 heavy (non-hydrogen) atoms. The highest BCUT2D eigenvalue weighted by Gasteiger charge is 2.09. The van der Waals surface area contributed by atoms with Crippen LogP contribution in [0.15, 0.2) is 60.7 Å². The topological polar surface area (TPSA) is 104 Å². The maximum atomic E-state index is 5.83. The molecule has 2 saturated heterocycles. The molecule has 0 amide bonds. The van der Waals surface area contributed by atoms with E-state index < -0.39 is 0 Å². The van der Waals surface area contributed by atoms with Crippen molar-refractivity contribution in [2.75, 3.05) is 158 Å². The van der Waals surface area contributed by atoms with Crippen molar-refractivity contribution in [2.24, 2.45) is 0 Å². The number of benzene rings is 2. The molecule has 2 N–H and O–H groups in total. The Kier molecular flexibility index (Phi) is 26.8. The Bertz CT molecular complexity index is 841. The van der Waals surface area contributed by atoms with Gasteiger partial charge in [0.05, 0.1) is 106 Å². The van der Waals surface area contributed by atoms with E-state index in [1.807, 2.05) is 0 Å². The van der Waals surface area contributed by atoms with Crippen LogP contribution in [0.2, 0.25) is 0 Å². The molecule has 0 unspecified atom stereocenters. The molecule has 2 aliphatic heterocycles. The first-order chi connectivity index (χ1) is 24.9. The van der Waals surface area contributed by atoms with Crippen molar-refractivity contribution in [2.45, 2.75) is 13.1 Å². The highest BCUT2D eigenvalue weighted by atomic mass is 16.5. The third kappa shape index (κ3) is 24.2. The third-order valence-electron chi connectivity index (χ3n) is 7.89. The van der Waals surface area contributed by atoms with Gasteiger partial charge in [0.15, 0.2) is 0 Å². The van der Waals surface area contributed by atoms with Crippen LogP contribution in [0.5, 0.6) is 0 Å². The molecule has 0 spiro atoms. The lowest BCUT2D eigenvalue weighted by molar-refractivity contribution is 0.00624. The zero-order valence-corrected chi connectivity index (χ0v) is 30.3. The molecule has 2 aromatic rings. The molecule has 0 atom stereocenters. The van der Waals surface area contributed by atoms with Gasteiger partial charge < -0.3 is 48.5 Å². The van der Waals surface area contributed by atoms with Gasteiger partial charge in [-0.3, -0.25) is 9.80 Å². The normalized spacial score (nSPS) is 21.3. The van der Waals surface area contributed by atoms with Gasteiger partial charge in [-0.2, -0.15) is 0 Å². The number of hydrogen-bond acceptors (Lipinski definition) is 12. The fourth-order valence-corrected chi connectivity index (χ4v) is 5.11. The molecule has 2 aliphatic rings. The summed E-state index contributed by atoms with van der Waals surface area (Å²) >= 11 is 0. The van der Waals surface area contributed by atoms with Crippen molar-refractivity contribution in [1.82, 2.24) is 20.4 Å². The summed E-state index contributed by atoms with van der Waals surface area (Å²) in [6.07, 6.45) is 0. The van der Waals surface area contributed by atoms with E-state index in [9.17, 15) is 0 Å². The van der Waals surface area contributed by atoms with Gasteiger partial charge in [-0.25, -0.2) is 0 Å². The van der Waals surface area contributed by atoms with Gasteiger partial charge in [0.1, 0.15) is 0 Å². The summed E-state index contributed by atoms with van der Waals surface area (Å²) in [5.41, 5.74) is 2.61. The predicted molar refractivity (Wildman–Crippen MR) is 196 cm³/mol. The van der Waals surface area contributed by atoms with Crippen LogP contribution in [-0.4, -0.2) is 168 Å². The summed E-state index contributed by atoms with van der Waals surface area (Å²) in [6, 6.07) is 21.1. The summed E-state index contributed by atoms with van der Waals surface area (Å²) in [4.78, 5) is 4.75. The molecule has 12 nitrogen and oxygen atoms in total. The van der Waals surface area contributed by atoms with Crippen LogP contribution < -0.4 is 10.6 Å². The molecule has 0 aliphatic carbocycles. The van der Waals surface area contributed by atoms with E-state index in [1.165, 1.54) is 11.1 Å². The summed E-state index contributed by atoms with van der Waals surface area (Å²) in [5, 5.41) is 6.50. The van der Waals surface area contributed by atoms with Gasteiger partial charge in [0, 0.05) is 65.4 Å². The first-order valence-electron chi connectivity index (χ1n) is 18.5. The number of nitrogens with zero attached hydrogens (tertiary/aromatic N) is 2. The van der Waals surface area contributed by atoms with Gasteiger partial charge in [0.2, 0.25) is 0 Å². The van der Waals surface area contributed by atoms with E-state index in [-0.39, 0.29) is 0 Å². The van der Waals surface area contributed by atoms with Crippen LogP contribution in [-0.2, 0) is 51.0 Å². The summed E-state index contributed by atoms with van der Waals surface area (Å²) < 4.78 is 45.0. The minimum Gasteiger partial charge on any atom is -0.378 e. The van der Waals surface area contributed by atoms with Crippen molar-refractivity contribution >= 4 is 0 Å². The monoisotopic (exact) mass is 704 g/mol. The van der Waals surface area contributed by atoms with E-state index >= 15 is 0 Å². The van der Waals surface area contributed by atoms with Gasteiger partial charge in [0.25, 0.3) is 0 Å². The van der Waals surface area contributed by atoms with Crippen molar-refractivity contribution in [1.29, 1.82) is 0 Å². The molecular formula is C38H64N4O8. The van der Waals surface area contributed by atoms with Crippen LogP contribution >= 0.6 is 0 Å². The Hall–Kier alpha value is -2.04. The Morgan fingerprint density at radius 3 is 0.880 bits per heavy atom. The molecule has 0 bridgehead atoms. The molecule has 0 aromatic heterocycles. The van der Waals surface area contributed by atoms with Crippen LogP contribution in [0.1, 0.15) is 11.1 Å². The Balaban J connectivity index is 0.000000319. The lowest BCUT2D eigenvalue weighted by Gasteiger charge is -2.24. The molecule has 0 saturated carbocycles. The second-order valence-corrected chi connectivity index (χ2v) is 11.9. The molecule has 0 radical (unpaired) electrons. The Labute approximate surface area is 300 Å². The smallest absolute Gasteiger partial charge is 0.0701 e. The van der Waals surface area contributed by atoms with Crippen LogP contribution in [0.25, 0.3) is 0 Å². The van der Waals surface area contributed by atoms with Crippen molar-refractivity contribution in [3.05, 3.63) is 71.8 Å². The van der Waals surface area contributed by atoms with E-state index in [4.69, 9.17) is 37.9 Å². The predicted octanol–water partition coefficient (Wildman–Crippen LogP) is 2.32. The highest BCUT2D eigenvalue weighted by molar-refractivity contribution is 5.15. The van der Waals surface area contributed by atoms with Crippen LogP contribution in [0, 0.1) is 0 Å². The lowest BCUT2D eigenvalue weighted by Crippen LogP contribution is -2.32. The van der Waals surface area contributed by atoms with E-state index in [0.29, 0.717) is 106 Å². The highest BCUT2D eigenvalue weighted by Crippen LogP contribution is 2.06. The van der Waals surface area contributed by atoms with Crippen molar-refractivity contribution in [3.8, 4) is 0 Å². The fraction of sp³-hybridized carbons (Fsp3) is 0.684. The van der Waals surface area contributed by atoms with Crippen molar-refractivity contribution < 1.29 is 37.9 Å². The van der Waals surface area contributed by atoms with E-state index in [2.05, 4.69) is 81.1 Å². The van der Waals surface area contributed by atoms with Gasteiger partial charge >= 0.3 is 0 Å². The van der Waals surface area contributed by atoms with Crippen molar-refractivity contribution in [3.63, 3.8) is 0 Å². The summed E-state index contributed by atoms with van der Waals surface area (Å²) in [7, 11) is 0. The molecule has 2 heterocycles. The third-order valence-corrected chi connectivity index (χ3v) is 7.89. The summed E-state index contributed by atoms with van der Waals surface area (Å²) in [5.74, 6) is 0. The van der Waals surface area contributed by atoms with Crippen LogP contribution in [0.4, 0.5) is 0 Å². The number of rotatable bonds is 4. The zero-order valence-electron chi connectivity index (χ0n) is 30.3. The molecule has 12 heteroatoms. The Morgan fingerprint density at radius 1 is 0.340 bits per heavy atom. The largest absolute Gasteiger partial charge is 0.378 e. The fourth-order valence-electron chi connectivity index (χ4n) is 5.11. The second kappa shape index (κ2) is 31.7. The number of nitrogens with one attached hydrogen (secondary N) is 2. The first-order valence-corrected chi connectivity index (χ1v) is 18.5. The molecule has 2 aromatic carbocycles. The quantitative estimate of drug-likeness (QED) is 0.489. The van der Waals surface area contributed by atoms with Gasteiger partial charge in [-0.1, -0.05) is 60.7 Å². The average Bonchev–Trinajstić information content (AvgIpc) is 3.14. The maximum absolute atomic E-state index is 5.83. The number of hydrogen-bond donors (Lipinski definition) is 2. The Morgan fingerprint density at radius 2 is 0.600 bits per heavy atom. The second-order valence-electron chi connectivity index (χ2n) is 11.9. The molecule has 284 valence electrons. The standard InChI is InChI=1S/C26H38N2O4.C12H26N2O4/c1-3-7-25(8-4-1)23-27-11-15-29-19-21-31-17-13-28(24-26-9-5-2-6-10-26)14-18-32-22-20-30-16-12-27;1-5-15-9-10-17-7-3-14-4-8-18-12-11-16-6-2-13-1/h1-10H,11-24H2;13-14H,1-12H2. The minimum absolute atomic E-state index is 0.622. The van der Waals surface area contributed by atoms with E-state index in [0.717, 1.165) is 65.4 Å². The van der Waals surface area contributed by atoms with E-state index in [1.54, 1.807) is 0 Å². The van der Waals surface area contributed by atoms with Gasteiger partial charge in [-0.05, 0) is 11.1 Å². The maximum Gasteiger partial charge on any atom is 0.0701 e. The molecule has 2 fully saturated rings. The average molecular weight is 705 g/mol. The van der Waals surface area contributed by atoms with Gasteiger partial charge in [-0.15, -0.1) is 0 Å². The lowest BCUT2D eigenvalue weighted by atomic mass is 10.2. The minimum atomic E-state index is 0.622. The first kappa shape index (κ1) is 42.4. The molecular weight excluding hydrogens is 640 g/mol. The zero-order chi connectivity index (χ0) is 34.8.